The molecule has 38 heavy (non-hydrogen) atoms. The molecule has 2 aliphatic rings. The highest BCUT2D eigenvalue weighted by Gasteiger charge is 2.28. The maximum Gasteiger partial charge on any atom is 0.200 e. The number of hydrogen-bond donors (Lipinski definition) is 0. The molecule has 210 valence electrons. The summed E-state index contributed by atoms with van der Waals surface area (Å²) in [7, 11) is 0. The minimum absolute atomic E-state index is 0.00485. The SMILES string of the molecule is CCCCCCOc1ccc(C2CCC(CCc3ccc(C4CCC(C)CC4)c(F)c3F)CC2)c(F)c1F. The highest BCUT2D eigenvalue weighted by Crippen LogP contribution is 2.41. The third kappa shape index (κ3) is 7.12. The van der Waals surface area contributed by atoms with E-state index in [9.17, 15) is 17.6 Å². The molecule has 0 saturated heterocycles. The first-order chi connectivity index (χ1) is 18.4. The van der Waals surface area contributed by atoms with Gasteiger partial charge in [-0.2, -0.15) is 4.39 Å². The third-order valence-electron chi connectivity index (χ3n) is 9.09. The van der Waals surface area contributed by atoms with E-state index in [0.717, 1.165) is 83.5 Å². The Morgan fingerprint density at radius 3 is 1.95 bits per heavy atom. The van der Waals surface area contributed by atoms with Gasteiger partial charge in [-0.3, -0.25) is 0 Å². The van der Waals surface area contributed by atoms with Crippen molar-refractivity contribution in [2.75, 3.05) is 6.61 Å². The molecule has 4 rings (SSSR count). The number of unbranched alkanes of at least 4 members (excludes halogenated alkanes) is 3. The van der Waals surface area contributed by atoms with E-state index < -0.39 is 23.3 Å². The predicted octanol–water partition coefficient (Wildman–Crippen LogP) is 10.4. The van der Waals surface area contributed by atoms with Crippen molar-refractivity contribution in [3.8, 4) is 5.75 Å². The Kier molecular flexibility index (Phi) is 10.6. The van der Waals surface area contributed by atoms with E-state index in [4.69, 9.17) is 4.74 Å². The summed E-state index contributed by atoms with van der Waals surface area (Å²) in [5, 5.41) is 0. The van der Waals surface area contributed by atoms with Crippen LogP contribution in [0.4, 0.5) is 17.6 Å². The first kappa shape index (κ1) is 29.0. The van der Waals surface area contributed by atoms with Crippen LogP contribution in [0.2, 0.25) is 0 Å². The van der Waals surface area contributed by atoms with Crippen molar-refractivity contribution in [1.29, 1.82) is 0 Å². The zero-order chi connectivity index (χ0) is 27.1. The fraction of sp³-hybridized carbons (Fsp3) is 0.636. The number of benzene rings is 2. The van der Waals surface area contributed by atoms with Crippen LogP contribution >= 0.6 is 0 Å². The Morgan fingerprint density at radius 2 is 1.29 bits per heavy atom. The van der Waals surface area contributed by atoms with Crippen LogP contribution in [0.25, 0.3) is 0 Å². The van der Waals surface area contributed by atoms with Crippen LogP contribution in [0.3, 0.4) is 0 Å². The fourth-order valence-electron chi connectivity index (χ4n) is 6.49. The molecule has 0 spiro atoms. The molecular formula is C33H44F4O. The van der Waals surface area contributed by atoms with Crippen LogP contribution < -0.4 is 4.74 Å². The first-order valence-electron chi connectivity index (χ1n) is 15.0. The van der Waals surface area contributed by atoms with Gasteiger partial charge in [-0.05, 0) is 104 Å². The van der Waals surface area contributed by atoms with Gasteiger partial charge in [-0.25, -0.2) is 13.2 Å². The van der Waals surface area contributed by atoms with E-state index in [1.807, 2.05) is 0 Å². The molecule has 0 atom stereocenters. The van der Waals surface area contributed by atoms with Crippen molar-refractivity contribution in [2.24, 2.45) is 11.8 Å². The van der Waals surface area contributed by atoms with E-state index in [1.54, 1.807) is 24.3 Å². The van der Waals surface area contributed by atoms with Gasteiger partial charge in [0.2, 0.25) is 5.82 Å². The number of hydrogen-bond acceptors (Lipinski definition) is 1. The molecule has 0 bridgehead atoms. The quantitative estimate of drug-likeness (QED) is 0.207. The lowest BCUT2D eigenvalue weighted by Crippen LogP contribution is -2.16. The van der Waals surface area contributed by atoms with Crippen LogP contribution in [-0.4, -0.2) is 6.61 Å². The maximum absolute atomic E-state index is 14.9. The van der Waals surface area contributed by atoms with Gasteiger partial charge in [-0.15, -0.1) is 0 Å². The largest absolute Gasteiger partial charge is 0.490 e. The molecule has 1 nitrogen and oxygen atoms in total. The number of ether oxygens (including phenoxy) is 1. The first-order valence-corrected chi connectivity index (χ1v) is 15.0. The standard InChI is InChI=1S/C33H44F4O/c1-3-4-5-6-21-38-29-20-19-28(32(36)33(29)37)25-14-9-23(10-15-25)11-16-26-17-18-27(31(35)30(26)34)24-12-7-22(2)8-13-24/h17-20,22-25H,3-16,21H2,1-2H3. The zero-order valence-corrected chi connectivity index (χ0v) is 23.1. The van der Waals surface area contributed by atoms with Crippen molar-refractivity contribution in [3.05, 3.63) is 64.2 Å². The number of aryl methyl sites for hydroxylation is 1. The smallest absolute Gasteiger partial charge is 0.200 e. The van der Waals surface area contributed by atoms with E-state index in [2.05, 4.69) is 13.8 Å². The molecule has 0 aliphatic heterocycles. The van der Waals surface area contributed by atoms with Gasteiger partial charge in [0.25, 0.3) is 0 Å². The second-order valence-electron chi connectivity index (χ2n) is 11.8. The number of rotatable bonds is 11. The zero-order valence-electron chi connectivity index (χ0n) is 23.1. The molecule has 2 aliphatic carbocycles. The molecule has 2 saturated carbocycles. The summed E-state index contributed by atoms with van der Waals surface area (Å²) in [6.07, 6.45) is 12.7. The Hall–Kier alpha value is -2.04. The molecule has 5 heteroatoms. The van der Waals surface area contributed by atoms with Crippen molar-refractivity contribution in [3.63, 3.8) is 0 Å². The lowest BCUT2D eigenvalue weighted by Gasteiger charge is -2.29. The third-order valence-corrected chi connectivity index (χ3v) is 9.09. The minimum Gasteiger partial charge on any atom is -0.490 e. The van der Waals surface area contributed by atoms with Gasteiger partial charge in [0.1, 0.15) is 0 Å². The molecule has 2 aromatic carbocycles. The molecule has 0 amide bonds. The summed E-state index contributed by atoms with van der Waals surface area (Å²) < 4.78 is 64.8. The average Bonchev–Trinajstić information content (AvgIpc) is 2.93. The lowest BCUT2D eigenvalue weighted by atomic mass is 9.76. The Bertz CT molecular complexity index is 1040. The van der Waals surface area contributed by atoms with Gasteiger partial charge >= 0.3 is 0 Å². The fourth-order valence-corrected chi connectivity index (χ4v) is 6.49. The molecule has 2 fully saturated rings. The summed E-state index contributed by atoms with van der Waals surface area (Å²) >= 11 is 0. The van der Waals surface area contributed by atoms with Crippen LogP contribution in [0.15, 0.2) is 24.3 Å². The molecule has 0 radical (unpaired) electrons. The summed E-state index contributed by atoms with van der Waals surface area (Å²) in [5.41, 5.74) is 1.43. The van der Waals surface area contributed by atoms with Crippen LogP contribution in [0.1, 0.15) is 126 Å². The minimum atomic E-state index is -0.885. The lowest BCUT2D eigenvalue weighted by molar-refractivity contribution is 0.280. The van der Waals surface area contributed by atoms with Gasteiger partial charge in [0.05, 0.1) is 6.61 Å². The van der Waals surface area contributed by atoms with Crippen molar-refractivity contribution >= 4 is 0 Å². The topological polar surface area (TPSA) is 9.23 Å². The van der Waals surface area contributed by atoms with Gasteiger partial charge < -0.3 is 4.74 Å². The van der Waals surface area contributed by atoms with Crippen molar-refractivity contribution in [1.82, 2.24) is 0 Å². The highest BCUT2D eigenvalue weighted by atomic mass is 19.2. The Labute approximate surface area is 226 Å². The highest BCUT2D eigenvalue weighted by molar-refractivity contribution is 5.33. The van der Waals surface area contributed by atoms with Gasteiger partial charge in [0, 0.05) is 0 Å². The number of halogens is 4. The Morgan fingerprint density at radius 1 is 0.684 bits per heavy atom. The van der Waals surface area contributed by atoms with Crippen LogP contribution in [0.5, 0.6) is 5.75 Å². The molecule has 0 aromatic heterocycles. The van der Waals surface area contributed by atoms with Gasteiger partial charge in [0.15, 0.2) is 23.2 Å². The molecular weight excluding hydrogens is 488 g/mol. The molecule has 0 unspecified atom stereocenters. The monoisotopic (exact) mass is 532 g/mol. The van der Waals surface area contributed by atoms with Gasteiger partial charge in [-0.1, -0.05) is 64.2 Å². The average molecular weight is 533 g/mol. The van der Waals surface area contributed by atoms with E-state index in [1.165, 1.54) is 0 Å². The Balaban J connectivity index is 1.27. The van der Waals surface area contributed by atoms with Crippen LogP contribution in [-0.2, 0) is 6.42 Å². The maximum atomic E-state index is 14.9. The summed E-state index contributed by atoms with van der Waals surface area (Å²) in [6.45, 7) is 4.74. The molecule has 2 aromatic rings. The van der Waals surface area contributed by atoms with E-state index in [-0.39, 0.29) is 17.6 Å². The molecule has 0 N–H and O–H groups in total. The second-order valence-corrected chi connectivity index (χ2v) is 11.8. The second kappa shape index (κ2) is 13.8. The van der Waals surface area contributed by atoms with E-state index in [0.29, 0.717) is 41.6 Å². The van der Waals surface area contributed by atoms with Crippen molar-refractivity contribution < 1.29 is 22.3 Å². The normalized spacial score (nSPS) is 23.9. The van der Waals surface area contributed by atoms with Crippen LogP contribution in [0, 0.1) is 35.1 Å². The predicted molar refractivity (Wildman–Crippen MR) is 146 cm³/mol. The summed E-state index contributed by atoms with van der Waals surface area (Å²) in [6, 6.07) is 6.83. The van der Waals surface area contributed by atoms with Crippen molar-refractivity contribution in [2.45, 2.75) is 116 Å². The molecule has 0 heterocycles. The van der Waals surface area contributed by atoms with E-state index >= 15 is 0 Å². The summed E-state index contributed by atoms with van der Waals surface area (Å²) in [4.78, 5) is 0. The summed E-state index contributed by atoms with van der Waals surface area (Å²) in [5.74, 6) is -1.86.